The Morgan fingerprint density at radius 3 is 2.54 bits per heavy atom. The molecule has 0 aromatic heterocycles. The zero-order valence-electron chi connectivity index (χ0n) is 25.6. The van der Waals surface area contributed by atoms with Crippen molar-refractivity contribution in [2.75, 3.05) is 19.8 Å². The second-order valence-corrected chi connectivity index (χ2v) is 12.7. The number of carbonyl (C=O) groups excluding carboxylic acids is 1. The molecule has 0 radical (unpaired) electrons. The second-order valence-electron chi connectivity index (χ2n) is 11.8. The molecule has 4 N–H and O–H groups in total. The van der Waals surface area contributed by atoms with Gasteiger partial charge in [0, 0.05) is 40.9 Å². The summed E-state index contributed by atoms with van der Waals surface area (Å²) in [6.45, 7) is 0.710. The molecule has 0 saturated heterocycles. The smallest absolute Gasteiger partial charge is 0.266 e. The number of carbonyl (C=O) groups is 1. The summed E-state index contributed by atoms with van der Waals surface area (Å²) in [5.41, 5.74) is 15.5. The van der Waals surface area contributed by atoms with Gasteiger partial charge in [0.2, 0.25) is 5.90 Å². The normalized spacial score (nSPS) is 20.2. The zero-order valence-corrected chi connectivity index (χ0v) is 27.2. The molecule has 5 rings (SSSR count). The molecule has 1 aliphatic carbocycles. The fraction of sp³-hybridized carbons (Fsp3) is 0.412. The Hall–Kier alpha value is -3.93. The highest BCUT2D eigenvalue weighted by Crippen LogP contribution is 2.44. The standard InChI is InChI=1S/C34H39BrN6O5/c35-27-13-9-24(10-14-27)21-34(32(43)40-38-23-33(44)17-4-1-5-18-33)30(29-8-3-2-7-26(29)22-37-41-36)46-31(39-34)25-11-15-28(16-12-25)45-20-6-19-42/h2-3,7-16,30,38,42,44H,1,4-6,17-23H2,(H,40,43)/t30-,34-/m0/s1. The quantitative estimate of drug-likeness (QED) is 0.0547. The lowest BCUT2D eigenvalue weighted by atomic mass is 9.80. The number of azide groups is 1. The van der Waals surface area contributed by atoms with Gasteiger partial charge in [-0.1, -0.05) is 76.7 Å². The van der Waals surface area contributed by atoms with Crippen molar-refractivity contribution in [2.45, 2.75) is 68.7 Å². The van der Waals surface area contributed by atoms with Crippen molar-refractivity contribution in [1.82, 2.24) is 10.9 Å². The number of benzene rings is 3. The van der Waals surface area contributed by atoms with Gasteiger partial charge < -0.3 is 19.7 Å². The third kappa shape index (κ3) is 8.07. The fourth-order valence-electron chi connectivity index (χ4n) is 6.00. The van der Waals surface area contributed by atoms with Crippen LogP contribution in [0, 0.1) is 0 Å². The van der Waals surface area contributed by atoms with E-state index in [1.807, 2.05) is 60.7 Å². The lowest BCUT2D eigenvalue weighted by molar-refractivity contribution is -0.130. The van der Waals surface area contributed by atoms with E-state index in [0.29, 0.717) is 48.3 Å². The summed E-state index contributed by atoms with van der Waals surface area (Å²) in [5, 5.41) is 23.9. The Labute approximate surface area is 276 Å². The lowest BCUT2D eigenvalue weighted by Crippen LogP contribution is -2.56. The third-order valence-electron chi connectivity index (χ3n) is 8.46. The van der Waals surface area contributed by atoms with Crippen molar-refractivity contribution < 1.29 is 24.5 Å². The molecule has 1 saturated carbocycles. The first-order valence-electron chi connectivity index (χ1n) is 15.6. The first-order valence-corrected chi connectivity index (χ1v) is 16.3. The van der Waals surface area contributed by atoms with Gasteiger partial charge in [-0.15, -0.1) is 0 Å². The van der Waals surface area contributed by atoms with E-state index in [-0.39, 0.29) is 32.0 Å². The molecule has 242 valence electrons. The van der Waals surface area contributed by atoms with Crippen LogP contribution in [0.25, 0.3) is 10.4 Å². The first-order chi connectivity index (χ1) is 22.4. The highest BCUT2D eigenvalue weighted by Gasteiger charge is 2.54. The van der Waals surface area contributed by atoms with Gasteiger partial charge in [-0.25, -0.2) is 10.4 Å². The number of ether oxygens (including phenoxy) is 2. The van der Waals surface area contributed by atoms with Crippen LogP contribution >= 0.6 is 15.9 Å². The number of rotatable bonds is 14. The van der Waals surface area contributed by atoms with Gasteiger partial charge >= 0.3 is 0 Å². The predicted molar refractivity (Wildman–Crippen MR) is 178 cm³/mol. The van der Waals surface area contributed by atoms with Crippen LogP contribution in [0.4, 0.5) is 0 Å². The molecule has 46 heavy (non-hydrogen) atoms. The highest BCUT2D eigenvalue weighted by molar-refractivity contribution is 9.10. The molecule has 1 heterocycles. The molecule has 3 aromatic rings. The van der Waals surface area contributed by atoms with Crippen molar-refractivity contribution >= 4 is 27.7 Å². The average Bonchev–Trinajstić information content (AvgIpc) is 3.46. The number of amides is 1. The van der Waals surface area contributed by atoms with Gasteiger partial charge in [0.15, 0.2) is 11.6 Å². The summed E-state index contributed by atoms with van der Waals surface area (Å²) in [6.07, 6.45) is 4.15. The van der Waals surface area contributed by atoms with Crippen molar-refractivity contribution in [3.63, 3.8) is 0 Å². The number of halogens is 1. The minimum absolute atomic E-state index is 0.0436. The molecule has 1 fully saturated rings. The van der Waals surface area contributed by atoms with Crippen LogP contribution in [0.15, 0.2) is 87.4 Å². The summed E-state index contributed by atoms with van der Waals surface area (Å²) < 4.78 is 13.2. The SMILES string of the molecule is [N-]=[N+]=NCc1ccccc1[C@@H]1OC(c2ccc(OCCCO)cc2)=N[C@]1(Cc1ccc(Br)cc1)C(=O)NNCC1(O)CCCCC1. The Kier molecular flexibility index (Phi) is 11.3. The molecular weight excluding hydrogens is 652 g/mol. The van der Waals surface area contributed by atoms with E-state index in [0.717, 1.165) is 29.3 Å². The van der Waals surface area contributed by atoms with E-state index in [9.17, 15) is 9.90 Å². The van der Waals surface area contributed by atoms with Crippen LogP contribution in [0.5, 0.6) is 5.75 Å². The summed E-state index contributed by atoms with van der Waals surface area (Å²) >= 11 is 3.50. The summed E-state index contributed by atoms with van der Waals surface area (Å²) in [7, 11) is 0. The van der Waals surface area contributed by atoms with E-state index in [4.69, 9.17) is 25.1 Å². The van der Waals surface area contributed by atoms with E-state index in [2.05, 4.69) is 36.8 Å². The zero-order chi connectivity index (χ0) is 32.4. The van der Waals surface area contributed by atoms with E-state index in [1.165, 1.54) is 0 Å². The fourth-order valence-corrected chi connectivity index (χ4v) is 6.26. The van der Waals surface area contributed by atoms with Crippen LogP contribution < -0.4 is 15.6 Å². The van der Waals surface area contributed by atoms with Crippen molar-refractivity contribution in [3.05, 3.63) is 110 Å². The first kappa shape index (κ1) is 33.4. The van der Waals surface area contributed by atoms with Gasteiger partial charge in [-0.3, -0.25) is 10.2 Å². The molecular formula is C34H39BrN6O5. The topological polar surface area (TPSA) is 161 Å². The predicted octanol–water partition coefficient (Wildman–Crippen LogP) is 5.84. The van der Waals surface area contributed by atoms with Crippen LogP contribution in [0.3, 0.4) is 0 Å². The number of nitrogens with zero attached hydrogens (tertiary/aromatic N) is 4. The summed E-state index contributed by atoms with van der Waals surface area (Å²) in [4.78, 5) is 22.5. The Morgan fingerprint density at radius 2 is 1.83 bits per heavy atom. The maximum Gasteiger partial charge on any atom is 0.266 e. The molecule has 12 heteroatoms. The van der Waals surface area contributed by atoms with Gasteiger partial charge in [0.1, 0.15) is 5.75 Å². The maximum absolute atomic E-state index is 14.5. The molecule has 0 bridgehead atoms. The summed E-state index contributed by atoms with van der Waals surface area (Å²) in [5.74, 6) is 0.497. The largest absolute Gasteiger partial charge is 0.494 e. The Balaban J connectivity index is 1.55. The lowest BCUT2D eigenvalue weighted by Gasteiger charge is -2.34. The van der Waals surface area contributed by atoms with Gasteiger partial charge in [0.05, 0.1) is 18.8 Å². The molecule has 11 nitrogen and oxygen atoms in total. The van der Waals surface area contributed by atoms with Crippen molar-refractivity contribution in [2.24, 2.45) is 10.1 Å². The van der Waals surface area contributed by atoms with Gasteiger partial charge in [-0.05, 0) is 71.5 Å². The van der Waals surface area contributed by atoms with E-state index in [1.54, 1.807) is 12.1 Å². The monoisotopic (exact) mass is 690 g/mol. The molecule has 0 spiro atoms. The number of hydrogen-bond acceptors (Lipinski definition) is 8. The van der Waals surface area contributed by atoms with E-state index >= 15 is 0 Å². The second kappa shape index (κ2) is 15.6. The number of aliphatic hydroxyl groups is 2. The van der Waals surface area contributed by atoms with Crippen molar-refractivity contribution in [1.29, 1.82) is 0 Å². The van der Waals surface area contributed by atoms with E-state index < -0.39 is 23.2 Å². The number of hydrogen-bond donors (Lipinski definition) is 4. The Morgan fingerprint density at radius 1 is 1.09 bits per heavy atom. The molecule has 3 aromatic carbocycles. The van der Waals surface area contributed by atoms with Crippen molar-refractivity contribution in [3.8, 4) is 5.75 Å². The molecule has 0 unspecified atom stereocenters. The van der Waals surface area contributed by atoms with Crippen LogP contribution in [-0.4, -0.2) is 52.9 Å². The van der Waals surface area contributed by atoms with Crippen LogP contribution in [0.1, 0.15) is 66.9 Å². The number of aliphatic imine (C=N–C) groups is 1. The van der Waals surface area contributed by atoms with Gasteiger partial charge in [0.25, 0.3) is 5.91 Å². The van der Waals surface area contributed by atoms with Crippen LogP contribution in [-0.2, 0) is 22.5 Å². The number of aliphatic hydroxyl groups excluding tert-OH is 1. The number of hydrazine groups is 1. The molecule has 1 aliphatic heterocycles. The highest BCUT2D eigenvalue weighted by atomic mass is 79.9. The minimum Gasteiger partial charge on any atom is -0.494 e. The minimum atomic E-state index is -1.48. The number of nitrogens with one attached hydrogen (secondary N) is 2. The van der Waals surface area contributed by atoms with Crippen LogP contribution in [0.2, 0.25) is 0 Å². The Bertz CT molecular complexity index is 1550. The average molecular weight is 692 g/mol. The molecule has 2 atom stereocenters. The maximum atomic E-state index is 14.5. The molecule has 1 amide bonds. The van der Waals surface area contributed by atoms with Gasteiger partial charge in [-0.2, -0.15) is 0 Å². The molecule has 2 aliphatic rings. The third-order valence-corrected chi connectivity index (χ3v) is 8.99. The summed E-state index contributed by atoms with van der Waals surface area (Å²) in [6, 6.07) is 22.4.